The lowest BCUT2D eigenvalue weighted by Crippen LogP contribution is -2.47. The molecule has 1 fully saturated rings. The van der Waals surface area contributed by atoms with E-state index in [-0.39, 0.29) is 0 Å². The molecular formula is C26H27N5O2. The second kappa shape index (κ2) is 9.72. The van der Waals surface area contributed by atoms with E-state index in [9.17, 15) is 4.79 Å². The van der Waals surface area contributed by atoms with Crippen molar-refractivity contribution in [2.75, 3.05) is 18.5 Å². The molecule has 3 aromatic rings. The summed E-state index contributed by atoms with van der Waals surface area (Å²) in [5, 5.41) is 4.48. The third-order valence-electron chi connectivity index (χ3n) is 5.49. The van der Waals surface area contributed by atoms with Gasteiger partial charge in [0.2, 0.25) is 5.95 Å². The zero-order valence-electron chi connectivity index (χ0n) is 18.8. The quantitative estimate of drug-likeness (QED) is 0.586. The molecule has 1 aromatic heterocycles. The van der Waals surface area contributed by atoms with Crippen molar-refractivity contribution in [3.05, 3.63) is 89.2 Å². The molecule has 33 heavy (non-hydrogen) atoms. The maximum absolute atomic E-state index is 12.2. The lowest BCUT2D eigenvalue weighted by atomic mass is 9.80. The van der Waals surface area contributed by atoms with Crippen molar-refractivity contribution in [3.8, 4) is 11.8 Å². The van der Waals surface area contributed by atoms with Crippen LogP contribution in [-0.2, 0) is 10.4 Å². The Morgan fingerprint density at radius 2 is 1.79 bits per heavy atom. The molecule has 1 aliphatic rings. The number of aromatic nitrogens is 2. The minimum Gasteiger partial charge on any atom is -0.354 e. The topological polar surface area (TPSA) is 93.4 Å². The molecule has 1 atom stereocenters. The number of amides is 2. The first-order valence-corrected chi connectivity index (χ1v) is 11.0. The Morgan fingerprint density at radius 1 is 1.09 bits per heavy atom. The lowest BCUT2D eigenvalue weighted by molar-refractivity contribution is -0.107. The second-order valence-corrected chi connectivity index (χ2v) is 8.34. The Bertz CT molecular complexity index is 1170. The van der Waals surface area contributed by atoms with E-state index in [1.807, 2.05) is 54.6 Å². The molecule has 4 rings (SSSR count). The van der Waals surface area contributed by atoms with Crippen molar-refractivity contribution in [1.82, 2.24) is 15.0 Å². The first-order valence-electron chi connectivity index (χ1n) is 11.0. The normalized spacial score (nSPS) is 17.5. The van der Waals surface area contributed by atoms with Gasteiger partial charge in [0.15, 0.2) is 0 Å². The van der Waals surface area contributed by atoms with Gasteiger partial charge in [-0.15, -0.1) is 0 Å². The van der Waals surface area contributed by atoms with Crippen molar-refractivity contribution < 1.29 is 9.63 Å². The largest absolute Gasteiger partial charge is 0.354 e. The molecule has 3 N–H and O–H groups in total. The molecule has 1 unspecified atom stereocenters. The van der Waals surface area contributed by atoms with Gasteiger partial charge in [-0.3, -0.25) is 4.84 Å². The highest BCUT2D eigenvalue weighted by atomic mass is 16.7. The number of hydrogen-bond acceptors (Lipinski definition) is 5. The van der Waals surface area contributed by atoms with E-state index >= 15 is 0 Å². The van der Waals surface area contributed by atoms with Gasteiger partial charge in [-0.25, -0.2) is 14.8 Å². The van der Waals surface area contributed by atoms with Gasteiger partial charge in [0.05, 0.1) is 12.2 Å². The summed E-state index contributed by atoms with van der Waals surface area (Å²) < 4.78 is 0. The number of rotatable bonds is 5. The fourth-order valence-electron chi connectivity index (χ4n) is 3.93. The number of hydrogen-bond donors (Lipinski definition) is 2. The SMILES string of the molecule is CC(C)CNc1ncc(C#Cc2cccc(C3(c4ccccc4)CCON3C(N)=O)c2)cn1. The van der Waals surface area contributed by atoms with Gasteiger partial charge in [0.25, 0.3) is 0 Å². The molecule has 0 saturated carbocycles. The van der Waals surface area contributed by atoms with Crippen LogP contribution in [0.2, 0.25) is 0 Å². The number of urea groups is 1. The first-order chi connectivity index (χ1) is 16.0. The summed E-state index contributed by atoms with van der Waals surface area (Å²) in [5.74, 6) is 7.40. The fourth-order valence-corrected chi connectivity index (χ4v) is 3.93. The van der Waals surface area contributed by atoms with E-state index in [0.29, 0.717) is 24.9 Å². The predicted octanol–water partition coefficient (Wildman–Crippen LogP) is 3.90. The Balaban J connectivity index is 1.64. The maximum atomic E-state index is 12.2. The average molecular weight is 442 g/mol. The van der Waals surface area contributed by atoms with E-state index in [4.69, 9.17) is 10.6 Å². The van der Waals surface area contributed by atoms with Gasteiger partial charge in [0.1, 0.15) is 5.54 Å². The first kappa shape index (κ1) is 22.3. The minimum atomic E-state index is -0.808. The molecule has 7 heteroatoms. The molecule has 1 aliphatic heterocycles. The molecule has 168 valence electrons. The summed E-state index contributed by atoms with van der Waals surface area (Å²) in [6, 6.07) is 17.0. The Hall–Kier alpha value is -3.89. The molecule has 1 saturated heterocycles. The molecular weight excluding hydrogens is 414 g/mol. The number of nitrogens with two attached hydrogens (primary N) is 1. The molecule has 0 aliphatic carbocycles. The van der Waals surface area contributed by atoms with Crippen LogP contribution in [0.5, 0.6) is 0 Å². The number of carbonyl (C=O) groups excluding carboxylic acids is 1. The molecule has 0 spiro atoms. The molecule has 2 aromatic carbocycles. The van der Waals surface area contributed by atoms with Gasteiger partial charge in [-0.05, 0) is 29.2 Å². The van der Waals surface area contributed by atoms with Crippen LogP contribution in [0.1, 0.15) is 42.5 Å². The van der Waals surface area contributed by atoms with Crippen LogP contribution < -0.4 is 11.1 Å². The maximum Gasteiger partial charge on any atom is 0.339 e. The Kier molecular flexibility index (Phi) is 6.57. The third kappa shape index (κ3) is 4.81. The summed E-state index contributed by atoms with van der Waals surface area (Å²) >= 11 is 0. The monoisotopic (exact) mass is 441 g/mol. The lowest BCUT2D eigenvalue weighted by Gasteiger charge is -2.36. The summed E-state index contributed by atoms with van der Waals surface area (Å²) in [6.07, 6.45) is 4.00. The minimum absolute atomic E-state index is 0.391. The summed E-state index contributed by atoms with van der Waals surface area (Å²) in [4.78, 5) is 26.5. The zero-order chi connectivity index (χ0) is 23.3. The zero-order valence-corrected chi connectivity index (χ0v) is 18.8. The van der Waals surface area contributed by atoms with Crippen LogP contribution in [-0.4, -0.2) is 34.2 Å². The van der Waals surface area contributed by atoms with Crippen LogP contribution >= 0.6 is 0 Å². The third-order valence-corrected chi connectivity index (χ3v) is 5.49. The van der Waals surface area contributed by atoms with Crippen LogP contribution in [0, 0.1) is 17.8 Å². The number of nitrogens with one attached hydrogen (secondary N) is 1. The Labute approximate surface area is 194 Å². The molecule has 2 amide bonds. The number of benzene rings is 2. The van der Waals surface area contributed by atoms with Crippen LogP contribution in [0.4, 0.5) is 10.7 Å². The second-order valence-electron chi connectivity index (χ2n) is 8.34. The predicted molar refractivity (Wildman–Crippen MR) is 127 cm³/mol. The van der Waals surface area contributed by atoms with Crippen molar-refractivity contribution >= 4 is 12.0 Å². The van der Waals surface area contributed by atoms with Crippen LogP contribution in [0.15, 0.2) is 67.0 Å². The van der Waals surface area contributed by atoms with Crippen molar-refractivity contribution in [2.24, 2.45) is 11.7 Å². The van der Waals surface area contributed by atoms with Gasteiger partial charge in [-0.2, -0.15) is 5.06 Å². The van der Waals surface area contributed by atoms with Gasteiger partial charge >= 0.3 is 6.03 Å². The molecule has 0 bridgehead atoms. The number of carbonyl (C=O) groups is 1. The highest BCUT2D eigenvalue weighted by molar-refractivity contribution is 5.73. The highest BCUT2D eigenvalue weighted by Crippen LogP contribution is 2.43. The van der Waals surface area contributed by atoms with E-state index in [2.05, 4.69) is 41.0 Å². The smallest absolute Gasteiger partial charge is 0.339 e. The van der Waals surface area contributed by atoms with Gasteiger partial charge in [0, 0.05) is 30.9 Å². The summed E-state index contributed by atoms with van der Waals surface area (Å²) in [5.41, 5.74) is 8.23. The average Bonchev–Trinajstić information content (AvgIpc) is 3.29. The number of hydroxylamine groups is 2. The van der Waals surface area contributed by atoms with Gasteiger partial charge in [-0.1, -0.05) is 68.2 Å². The standard InChI is InChI=1S/C26H27N5O2/c1-19(2)16-28-25-29-17-21(18-30-25)12-11-20-7-6-10-23(15-20)26(22-8-4-3-5-9-22)13-14-33-31(26)24(27)32/h3-10,15,17-19H,13-14,16H2,1-2H3,(H2,27,32)(H,28,29,30). The molecule has 7 nitrogen and oxygen atoms in total. The van der Waals surface area contributed by atoms with Crippen molar-refractivity contribution in [3.63, 3.8) is 0 Å². The van der Waals surface area contributed by atoms with Crippen LogP contribution in [0.3, 0.4) is 0 Å². The summed E-state index contributed by atoms with van der Waals surface area (Å²) in [6.45, 7) is 5.46. The van der Waals surface area contributed by atoms with Crippen molar-refractivity contribution in [2.45, 2.75) is 25.8 Å². The highest BCUT2D eigenvalue weighted by Gasteiger charge is 2.47. The Morgan fingerprint density at radius 3 is 2.48 bits per heavy atom. The summed E-state index contributed by atoms with van der Waals surface area (Å²) in [7, 11) is 0. The van der Waals surface area contributed by atoms with E-state index in [1.54, 1.807) is 12.4 Å². The number of anilines is 1. The molecule has 2 heterocycles. The van der Waals surface area contributed by atoms with E-state index in [1.165, 1.54) is 5.06 Å². The van der Waals surface area contributed by atoms with E-state index in [0.717, 1.165) is 28.8 Å². The number of nitrogens with zero attached hydrogens (tertiary/aromatic N) is 3. The number of primary amides is 1. The van der Waals surface area contributed by atoms with Crippen molar-refractivity contribution in [1.29, 1.82) is 0 Å². The van der Waals surface area contributed by atoms with E-state index < -0.39 is 11.6 Å². The van der Waals surface area contributed by atoms with Crippen LogP contribution in [0.25, 0.3) is 0 Å². The fraction of sp³-hybridized carbons (Fsp3) is 0.269. The molecule has 0 radical (unpaired) electrons. The van der Waals surface area contributed by atoms with Gasteiger partial charge < -0.3 is 11.1 Å².